The molecule has 1 aromatic carbocycles. The van der Waals surface area contributed by atoms with Gasteiger partial charge in [-0.3, -0.25) is 4.79 Å². The van der Waals surface area contributed by atoms with Crippen LogP contribution in [-0.4, -0.2) is 12.5 Å². The molecule has 100 valence electrons. The van der Waals surface area contributed by atoms with Gasteiger partial charge in [0.25, 0.3) is 0 Å². The standard InChI is InChI=1S/C14H15ClN2OS/c1-10-2-3-12(15)6-13(10)17-14(18)8-16-7-11-4-5-19-9-11/h2-6,9,16H,7-8H2,1H3,(H,17,18). The summed E-state index contributed by atoms with van der Waals surface area (Å²) < 4.78 is 0. The van der Waals surface area contributed by atoms with Crippen molar-refractivity contribution >= 4 is 34.5 Å². The zero-order valence-corrected chi connectivity index (χ0v) is 12.1. The van der Waals surface area contributed by atoms with Gasteiger partial charge >= 0.3 is 0 Å². The van der Waals surface area contributed by atoms with Crippen LogP contribution in [0, 0.1) is 6.92 Å². The van der Waals surface area contributed by atoms with E-state index in [1.807, 2.05) is 24.4 Å². The van der Waals surface area contributed by atoms with Crippen molar-refractivity contribution in [3.8, 4) is 0 Å². The Bertz CT molecular complexity index is 555. The van der Waals surface area contributed by atoms with Crippen LogP contribution in [0.5, 0.6) is 0 Å². The molecule has 3 nitrogen and oxygen atoms in total. The summed E-state index contributed by atoms with van der Waals surface area (Å²) in [6.45, 7) is 2.91. The van der Waals surface area contributed by atoms with Gasteiger partial charge in [0.05, 0.1) is 6.54 Å². The Labute approximate surface area is 121 Å². The zero-order valence-electron chi connectivity index (χ0n) is 10.6. The lowest BCUT2D eigenvalue weighted by Crippen LogP contribution is -2.27. The molecule has 0 spiro atoms. The summed E-state index contributed by atoms with van der Waals surface area (Å²) in [6.07, 6.45) is 0. The first-order chi connectivity index (χ1) is 9.15. The minimum atomic E-state index is -0.0689. The van der Waals surface area contributed by atoms with Gasteiger partial charge in [0.2, 0.25) is 5.91 Å². The van der Waals surface area contributed by atoms with Gasteiger partial charge < -0.3 is 10.6 Å². The van der Waals surface area contributed by atoms with Crippen LogP contribution in [-0.2, 0) is 11.3 Å². The molecule has 1 aromatic heterocycles. The highest BCUT2D eigenvalue weighted by molar-refractivity contribution is 7.07. The van der Waals surface area contributed by atoms with Gasteiger partial charge in [-0.25, -0.2) is 0 Å². The number of nitrogens with one attached hydrogen (secondary N) is 2. The molecule has 0 atom stereocenters. The Morgan fingerprint density at radius 1 is 1.37 bits per heavy atom. The normalized spacial score (nSPS) is 10.4. The number of benzene rings is 1. The van der Waals surface area contributed by atoms with Crippen LogP contribution in [0.3, 0.4) is 0 Å². The molecule has 0 radical (unpaired) electrons. The molecule has 0 aliphatic carbocycles. The highest BCUT2D eigenvalue weighted by Gasteiger charge is 2.05. The molecule has 0 fully saturated rings. The van der Waals surface area contributed by atoms with E-state index >= 15 is 0 Å². The molecule has 2 rings (SSSR count). The molecular weight excluding hydrogens is 280 g/mol. The number of amides is 1. The maximum Gasteiger partial charge on any atom is 0.238 e. The number of carbonyl (C=O) groups excluding carboxylic acids is 1. The number of hydrogen-bond donors (Lipinski definition) is 2. The van der Waals surface area contributed by atoms with Gasteiger partial charge in [-0.15, -0.1) is 0 Å². The average molecular weight is 295 g/mol. The predicted octanol–water partition coefficient (Wildman–Crippen LogP) is 3.44. The van der Waals surface area contributed by atoms with Crippen molar-refractivity contribution in [1.29, 1.82) is 0 Å². The number of aryl methyl sites for hydroxylation is 1. The third-order valence-corrected chi connectivity index (χ3v) is 3.64. The van der Waals surface area contributed by atoms with E-state index < -0.39 is 0 Å². The molecule has 0 bridgehead atoms. The van der Waals surface area contributed by atoms with Crippen LogP contribution in [0.1, 0.15) is 11.1 Å². The van der Waals surface area contributed by atoms with E-state index in [9.17, 15) is 4.79 Å². The minimum Gasteiger partial charge on any atom is -0.325 e. The van der Waals surface area contributed by atoms with E-state index in [1.165, 1.54) is 5.56 Å². The fourth-order valence-electron chi connectivity index (χ4n) is 1.64. The molecule has 0 aliphatic heterocycles. The summed E-state index contributed by atoms with van der Waals surface area (Å²) in [5.74, 6) is -0.0689. The highest BCUT2D eigenvalue weighted by atomic mass is 35.5. The van der Waals surface area contributed by atoms with E-state index in [0.717, 1.165) is 11.3 Å². The molecule has 1 heterocycles. The second kappa shape index (κ2) is 6.70. The Kier molecular flexibility index (Phi) is 4.96. The molecule has 5 heteroatoms. The maximum atomic E-state index is 11.8. The van der Waals surface area contributed by atoms with Gasteiger partial charge in [0.1, 0.15) is 0 Å². The minimum absolute atomic E-state index is 0.0689. The smallest absolute Gasteiger partial charge is 0.238 e. The Balaban J connectivity index is 1.82. The molecular formula is C14H15ClN2OS. The number of hydrogen-bond acceptors (Lipinski definition) is 3. The number of anilines is 1. The quantitative estimate of drug-likeness (QED) is 0.887. The van der Waals surface area contributed by atoms with Crippen LogP contribution >= 0.6 is 22.9 Å². The summed E-state index contributed by atoms with van der Waals surface area (Å²) >= 11 is 7.56. The summed E-state index contributed by atoms with van der Waals surface area (Å²) in [4.78, 5) is 11.8. The lowest BCUT2D eigenvalue weighted by molar-refractivity contribution is -0.115. The predicted molar refractivity (Wildman–Crippen MR) is 80.8 cm³/mol. The zero-order chi connectivity index (χ0) is 13.7. The SMILES string of the molecule is Cc1ccc(Cl)cc1NC(=O)CNCc1ccsc1. The highest BCUT2D eigenvalue weighted by Crippen LogP contribution is 2.19. The first kappa shape index (κ1) is 14.1. The maximum absolute atomic E-state index is 11.8. The van der Waals surface area contributed by atoms with Crippen LogP contribution in [0.4, 0.5) is 5.69 Å². The summed E-state index contributed by atoms with van der Waals surface area (Å²) in [6, 6.07) is 7.49. The van der Waals surface area contributed by atoms with Crippen molar-refractivity contribution in [2.45, 2.75) is 13.5 Å². The first-order valence-corrected chi connectivity index (χ1v) is 7.25. The van der Waals surface area contributed by atoms with E-state index in [2.05, 4.69) is 16.0 Å². The lowest BCUT2D eigenvalue weighted by atomic mass is 10.2. The molecule has 0 aliphatic rings. The number of carbonyl (C=O) groups is 1. The molecule has 0 saturated heterocycles. The summed E-state index contributed by atoms with van der Waals surface area (Å²) in [7, 11) is 0. The summed E-state index contributed by atoms with van der Waals surface area (Å²) in [5, 5.41) is 10.7. The molecule has 1 amide bonds. The second-order valence-electron chi connectivity index (χ2n) is 4.24. The van der Waals surface area contributed by atoms with E-state index in [1.54, 1.807) is 23.5 Å². The van der Waals surface area contributed by atoms with Crippen molar-refractivity contribution in [3.05, 3.63) is 51.2 Å². The fourth-order valence-corrected chi connectivity index (χ4v) is 2.48. The Morgan fingerprint density at radius 3 is 2.95 bits per heavy atom. The Hall–Kier alpha value is -1.36. The lowest BCUT2D eigenvalue weighted by Gasteiger charge is -2.09. The number of halogens is 1. The third kappa shape index (κ3) is 4.35. The van der Waals surface area contributed by atoms with Crippen molar-refractivity contribution in [1.82, 2.24) is 5.32 Å². The van der Waals surface area contributed by atoms with E-state index in [0.29, 0.717) is 11.6 Å². The van der Waals surface area contributed by atoms with Gasteiger partial charge in [0, 0.05) is 17.3 Å². The van der Waals surface area contributed by atoms with E-state index in [4.69, 9.17) is 11.6 Å². The molecule has 19 heavy (non-hydrogen) atoms. The molecule has 0 unspecified atom stereocenters. The second-order valence-corrected chi connectivity index (χ2v) is 5.46. The average Bonchev–Trinajstić information content (AvgIpc) is 2.87. The molecule has 2 N–H and O–H groups in total. The van der Waals surface area contributed by atoms with Crippen LogP contribution in [0.25, 0.3) is 0 Å². The van der Waals surface area contributed by atoms with Crippen molar-refractivity contribution in [2.24, 2.45) is 0 Å². The Morgan fingerprint density at radius 2 is 2.21 bits per heavy atom. The van der Waals surface area contributed by atoms with Crippen LogP contribution < -0.4 is 10.6 Å². The first-order valence-electron chi connectivity index (χ1n) is 5.93. The number of rotatable bonds is 5. The van der Waals surface area contributed by atoms with Crippen molar-refractivity contribution in [3.63, 3.8) is 0 Å². The van der Waals surface area contributed by atoms with E-state index in [-0.39, 0.29) is 12.5 Å². The molecule has 0 saturated carbocycles. The molecule has 2 aromatic rings. The fraction of sp³-hybridized carbons (Fsp3) is 0.214. The van der Waals surface area contributed by atoms with Crippen molar-refractivity contribution < 1.29 is 4.79 Å². The van der Waals surface area contributed by atoms with Gasteiger partial charge in [-0.2, -0.15) is 11.3 Å². The van der Waals surface area contributed by atoms with Gasteiger partial charge in [-0.05, 0) is 47.0 Å². The number of thiophene rings is 1. The monoisotopic (exact) mass is 294 g/mol. The van der Waals surface area contributed by atoms with Crippen LogP contribution in [0.2, 0.25) is 5.02 Å². The van der Waals surface area contributed by atoms with Crippen molar-refractivity contribution in [2.75, 3.05) is 11.9 Å². The summed E-state index contributed by atoms with van der Waals surface area (Å²) in [5.41, 5.74) is 2.95. The van der Waals surface area contributed by atoms with Gasteiger partial charge in [-0.1, -0.05) is 17.7 Å². The largest absolute Gasteiger partial charge is 0.325 e. The topological polar surface area (TPSA) is 41.1 Å². The third-order valence-electron chi connectivity index (χ3n) is 2.67. The van der Waals surface area contributed by atoms with Gasteiger partial charge in [0.15, 0.2) is 0 Å². The van der Waals surface area contributed by atoms with Crippen LogP contribution in [0.15, 0.2) is 35.0 Å².